The summed E-state index contributed by atoms with van der Waals surface area (Å²) in [7, 11) is 0. The first-order chi connectivity index (χ1) is 20.0. The smallest absolute Gasteiger partial charge is 0.227 e. The SMILES string of the molecule is CC(C)(C)N1C[C@@H](C(=O)N2CCC(c3ccc(F)cc3CC(=O)C3CC3N3CCC3)CC2)[C@H](c2ccc(F)cc2F)C1. The molecule has 3 saturated heterocycles. The number of hydrogen-bond donors (Lipinski definition) is 0. The predicted octanol–water partition coefficient (Wildman–Crippen LogP) is 5.53. The molecule has 6 rings (SSSR count). The molecule has 0 aromatic heterocycles. The van der Waals surface area contributed by atoms with E-state index in [2.05, 4.69) is 30.6 Å². The number of carbonyl (C=O) groups is 2. The molecule has 2 aromatic rings. The molecule has 1 saturated carbocycles. The van der Waals surface area contributed by atoms with Gasteiger partial charge in [0.15, 0.2) is 0 Å². The van der Waals surface area contributed by atoms with E-state index in [0.29, 0.717) is 37.8 Å². The predicted molar refractivity (Wildman–Crippen MR) is 156 cm³/mol. The minimum atomic E-state index is -0.623. The van der Waals surface area contributed by atoms with E-state index in [9.17, 15) is 22.8 Å². The summed E-state index contributed by atoms with van der Waals surface area (Å²) in [4.78, 5) is 33.5. The number of carbonyl (C=O) groups excluding carboxylic acids is 2. The summed E-state index contributed by atoms with van der Waals surface area (Å²) in [5.41, 5.74) is 2.00. The number of Topliss-reactive ketones (excluding diaryl/α,β-unsaturated/α-hetero) is 1. The zero-order valence-electron chi connectivity index (χ0n) is 24.9. The third-order valence-electron chi connectivity index (χ3n) is 10.2. The number of nitrogens with zero attached hydrogens (tertiary/aromatic N) is 3. The minimum Gasteiger partial charge on any atom is -0.342 e. The molecule has 0 bridgehead atoms. The van der Waals surface area contributed by atoms with E-state index in [1.54, 1.807) is 0 Å². The maximum absolute atomic E-state index is 14.9. The molecule has 1 aliphatic carbocycles. The average molecular weight is 582 g/mol. The molecule has 2 aromatic carbocycles. The van der Waals surface area contributed by atoms with E-state index in [-0.39, 0.29) is 47.2 Å². The van der Waals surface area contributed by atoms with Gasteiger partial charge >= 0.3 is 0 Å². The summed E-state index contributed by atoms with van der Waals surface area (Å²) in [5.74, 6) is -1.90. The van der Waals surface area contributed by atoms with Crippen molar-refractivity contribution in [3.05, 3.63) is 70.5 Å². The van der Waals surface area contributed by atoms with E-state index < -0.39 is 17.6 Å². The lowest BCUT2D eigenvalue weighted by atomic mass is 9.83. The summed E-state index contributed by atoms with van der Waals surface area (Å²) >= 11 is 0. The first kappa shape index (κ1) is 29.4. The van der Waals surface area contributed by atoms with Crippen LogP contribution < -0.4 is 0 Å². The van der Waals surface area contributed by atoms with Crippen LogP contribution in [0.1, 0.15) is 75.0 Å². The van der Waals surface area contributed by atoms with Crippen LogP contribution in [0.5, 0.6) is 0 Å². The van der Waals surface area contributed by atoms with Crippen LogP contribution in [0.25, 0.3) is 0 Å². The van der Waals surface area contributed by atoms with Crippen LogP contribution >= 0.6 is 0 Å². The van der Waals surface area contributed by atoms with Crippen molar-refractivity contribution >= 4 is 11.7 Å². The van der Waals surface area contributed by atoms with Crippen LogP contribution in [-0.2, 0) is 16.0 Å². The van der Waals surface area contributed by atoms with Crippen molar-refractivity contribution in [2.75, 3.05) is 39.3 Å². The molecule has 8 heteroatoms. The first-order valence-corrected chi connectivity index (χ1v) is 15.5. The van der Waals surface area contributed by atoms with E-state index >= 15 is 0 Å². The highest BCUT2D eigenvalue weighted by molar-refractivity contribution is 5.87. The molecule has 0 radical (unpaired) electrons. The zero-order valence-corrected chi connectivity index (χ0v) is 24.9. The van der Waals surface area contributed by atoms with Crippen LogP contribution in [0, 0.1) is 29.3 Å². The molecular weight excluding hydrogens is 539 g/mol. The fourth-order valence-corrected chi connectivity index (χ4v) is 7.41. The topological polar surface area (TPSA) is 43.9 Å². The third-order valence-corrected chi connectivity index (χ3v) is 10.2. The molecule has 226 valence electrons. The van der Waals surface area contributed by atoms with Crippen LogP contribution in [0.4, 0.5) is 13.2 Å². The van der Waals surface area contributed by atoms with Gasteiger partial charge in [-0.05, 0) is 100 Å². The van der Waals surface area contributed by atoms with Gasteiger partial charge in [-0.2, -0.15) is 0 Å². The van der Waals surface area contributed by atoms with Gasteiger partial charge in [0, 0.05) is 62.1 Å². The Balaban J connectivity index is 1.13. The fourth-order valence-electron chi connectivity index (χ4n) is 7.41. The second-order valence-corrected chi connectivity index (χ2v) is 13.8. The zero-order chi connectivity index (χ0) is 29.8. The minimum absolute atomic E-state index is 0.00852. The van der Waals surface area contributed by atoms with E-state index in [0.717, 1.165) is 49.5 Å². The summed E-state index contributed by atoms with van der Waals surface area (Å²) in [6.07, 6.45) is 3.83. The standard InChI is InChI=1S/C34H42F3N3O2/c1-34(2,3)40-19-28(26-8-6-24(36)17-30(26)37)29(20-40)33(42)39-13-9-21(10-14-39)25-7-5-23(35)15-22(25)16-32(41)27-18-31(27)38-11-4-12-38/h5-8,15,17,21,27-29,31H,4,9-14,16,18-20H2,1-3H3/t27?,28-,29+,31?/m0/s1. The second kappa shape index (κ2) is 11.4. The first-order valence-electron chi connectivity index (χ1n) is 15.5. The van der Waals surface area contributed by atoms with Gasteiger partial charge in [-0.3, -0.25) is 19.4 Å². The monoisotopic (exact) mass is 581 g/mol. The van der Waals surface area contributed by atoms with Crippen molar-refractivity contribution in [1.29, 1.82) is 0 Å². The molecule has 4 aliphatic rings. The van der Waals surface area contributed by atoms with Crippen molar-refractivity contribution < 1.29 is 22.8 Å². The number of amides is 1. The number of likely N-dealkylation sites (tertiary alicyclic amines) is 3. The number of piperidine rings is 1. The summed E-state index contributed by atoms with van der Waals surface area (Å²) in [5, 5.41) is 0. The highest BCUT2D eigenvalue weighted by atomic mass is 19.1. The molecule has 4 fully saturated rings. The fraction of sp³-hybridized carbons (Fsp3) is 0.588. The van der Waals surface area contributed by atoms with Gasteiger partial charge in [0.1, 0.15) is 23.2 Å². The lowest BCUT2D eigenvalue weighted by Gasteiger charge is -2.36. The lowest BCUT2D eigenvalue weighted by molar-refractivity contribution is -0.136. The molecular formula is C34H42F3N3O2. The lowest BCUT2D eigenvalue weighted by Crippen LogP contribution is -2.44. The maximum Gasteiger partial charge on any atom is 0.227 e. The number of halogens is 3. The highest BCUT2D eigenvalue weighted by Gasteiger charge is 2.48. The number of hydrogen-bond acceptors (Lipinski definition) is 4. The highest BCUT2D eigenvalue weighted by Crippen LogP contribution is 2.42. The van der Waals surface area contributed by atoms with E-state index in [1.165, 1.54) is 30.7 Å². The van der Waals surface area contributed by atoms with Crippen molar-refractivity contribution in [3.63, 3.8) is 0 Å². The Morgan fingerprint density at radius 2 is 1.52 bits per heavy atom. The molecule has 0 N–H and O–H groups in total. The van der Waals surface area contributed by atoms with Crippen LogP contribution in [0.3, 0.4) is 0 Å². The van der Waals surface area contributed by atoms with Crippen molar-refractivity contribution in [2.24, 2.45) is 11.8 Å². The number of ketones is 1. The number of rotatable bonds is 7. The van der Waals surface area contributed by atoms with Crippen molar-refractivity contribution in [3.8, 4) is 0 Å². The third kappa shape index (κ3) is 5.89. The van der Waals surface area contributed by atoms with Crippen molar-refractivity contribution in [1.82, 2.24) is 14.7 Å². The van der Waals surface area contributed by atoms with Gasteiger partial charge in [-0.25, -0.2) is 13.2 Å². The van der Waals surface area contributed by atoms with Crippen LogP contribution in [0.15, 0.2) is 36.4 Å². The Kier molecular flexibility index (Phi) is 7.98. The van der Waals surface area contributed by atoms with Gasteiger partial charge in [0.25, 0.3) is 0 Å². The quantitative estimate of drug-likeness (QED) is 0.432. The maximum atomic E-state index is 14.9. The Morgan fingerprint density at radius 1 is 0.857 bits per heavy atom. The number of benzene rings is 2. The van der Waals surface area contributed by atoms with Gasteiger partial charge in [-0.15, -0.1) is 0 Å². The molecule has 3 heterocycles. The van der Waals surface area contributed by atoms with Crippen LogP contribution in [0.2, 0.25) is 0 Å². The molecule has 1 amide bonds. The Bertz CT molecular complexity index is 1350. The average Bonchev–Trinajstić information content (AvgIpc) is 3.54. The summed E-state index contributed by atoms with van der Waals surface area (Å²) < 4.78 is 42.9. The summed E-state index contributed by atoms with van der Waals surface area (Å²) in [6, 6.07) is 8.85. The Hall–Kier alpha value is -2.71. The molecule has 2 unspecified atom stereocenters. The van der Waals surface area contributed by atoms with E-state index in [4.69, 9.17) is 0 Å². The largest absolute Gasteiger partial charge is 0.342 e. The second-order valence-electron chi connectivity index (χ2n) is 13.8. The Labute approximate surface area is 247 Å². The molecule has 5 nitrogen and oxygen atoms in total. The van der Waals surface area contributed by atoms with Crippen LogP contribution in [-0.4, -0.2) is 77.2 Å². The molecule has 4 atom stereocenters. The van der Waals surface area contributed by atoms with Crippen molar-refractivity contribution in [2.45, 2.75) is 76.3 Å². The van der Waals surface area contributed by atoms with Gasteiger partial charge < -0.3 is 4.90 Å². The van der Waals surface area contributed by atoms with E-state index in [1.807, 2.05) is 11.0 Å². The summed E-state index contributed by atoms with van der Waals surface area (Å²) in [6.45, 7) is 10.6. The normalized spacial score (nSPS) is 27.2. The van der Waals surface area contributed by atoms with Gasteiger partial charge in [0.2, 0.25) is 5.91 Å². The molecule has 3 aliphatic heterocycles. The van der Waals surface area contributed by atoms with Gasteiger partial charge in [-0.1, -0.05) is 12.1 Å². The van der Waals surface area contributed by atoms with Gasteiger partial charge in [0.05, 0.1) is 5.92 Å². The molecule has 0 spiro atoms. The molecule has 42 heavy (non-hydrogen) atoms. The Morgan fingerprint density at radius 3 is 2.14 bits per heavy atom.